The van der Waals surface area contributed by atoms with Crippen LogP contribution in [-0.2, 0) is 17.6 Å². The smallest absolute Gasteiger partial charge is 0.252 e. The number of carbonyl (C=O) groups is 2. The minimum Gasteiger partial charge on any atom is -0.491 e. The van der Waals surface area contributed by atoms with Crippen LogP contribution in [0.5, 0.6) is 5.75 Å². The Labute approximate surface area is 144 Å². The van der Waals surface area contributed by atoms with E-state index < -0.39 is 5.91 Å². The molecule has 3 rings (SSSR count). The number of carbonyl (C=O) groups excluding carboxylic acids is 2. The lowest BCUT2D eigenvalue weighted by Gasteiger charge is -2.19. The van der Waals surface area contributed by atoms with Gasteiger partial charge in [-0.05, 0) is 61.6 Å². The van der Waals surface area contributed by atoms with Crippen LogP contribution in [0.2, 0.25) is 0 Å². The maximum Gasteiger partial charge on any atom is 0.252 e. The monoisotopic (exact) mass is 344 g/mol. The third kappa shape index (κ3) is 3.01. The minimum atomic E-state index is -0.500. The summed E-state index contributed by atoms with van der Waals surface area (Å²) in [4.78, 5) is 24.3. The van der Waals surface area contributed by atoms with Gasteiger partial charge in [-0.1, -0.05) is 0 Å². The summed E-state index contributed by atoms with van der Waals surface area (Å²) >= 11 is 1.41. The molecule has 0 saturated carbocycles. The SMILES string of the molecule is CC(=O)Nc1sc2c(c1C(N)=O)CCc1cc(OC(C)C)ccc1-2. The van der Waals surface area contributed by atoms with Crippen molar-refractivity contribution >= 4 is 28.2 Å². The highest BCUT2D eigenvalue weighted by molar-refractivity contribution is 7.20. The summed E-state index contributed by atoms with van der Waals surface area (Å²) in [7, 11) is 0. The second-order valence-corrected chi connectivity index (χ2v) is 7.17. The van der Waals surface area contributed by atoms with Crippen molar-refractivity contribution in [1.82, 2.24) is 0 Å². The number of ether oxygens (including phenoxy) is 1. The van der Waals surface area contributed by atoms with Crippen molar-refractivity contribution in [1.29, 1.82) is 0 Å². The van der Waals surface area contributed by atoms with Gasteiger partial charge in [0.15, 0.2) is 0 Å². The van der Waals surface area contributed by atoms with Crippen LogP contribution in [-0.4, -0.2) is 17.9 Å². The molecule has 0 spiro atoms. The van der Waals surface area contributed by atoms with Crippen molar-refractivity contribution in [3.8, 4) is 16.2 Å². The summed E-state index contributed by atoms with van der Waals surface area (Å²) in [6, 6.07) is 6.01. The molecule has 0 unspecified atom stereocenters. The van der Waals surface area contributed by atoms with Crippen LogP contribution in [0.4, 0.5) is 5.00 Å². The molecule has 3 N–H and O–H groups in total. The van der Waals surface area contributed by atoms with Crippen LogP contribution in [0.15, 0.2) is 18.2 Å². The molecule has 0 fully saturated rings. The van der Waals surface area contributed by atoms with E-state index in [1.807, 2.05) is 26.0 Å². The van der Waals surface area contributed by atoms with E-state index >= 15 is 0 Å². The molecule has 1 heterocycles. The average molecular weight is 344 g/mol. The van der Waals surface area contributed by atoms with E-state index in [2.05, 4.69) is 11.4 Å². The number of nitrogens with one attached hydrogen (secondary N) is 1. The number of fused-ring (bicyclic) bond motifs is 3. The Kier molecular flexibility index (Phi) is 4.32. The molecule has 0 radical (unpaired) electrons. The summed E-state index contributed by atoms with van der Waals surface area (Å²) in [5.41, 5.74) is 9.20. The molecule has 2 aromatic rings. The first kappa shape index (κ1) is 16.5. The largest absolute Gasteiger partial charge is 0.491 e. The molecule has 1 aliphatic rings. The van der Waals surface area contributed by atoms with Crippen LogP contribution in [0.25, 0.3) is 10.4 Å². The van der Waals surface area contributed by atoms with Gasteiger partial charge in [-0.15, -0.1) is 11.3 Å². The molecule has 6 heteroatoms. The van der Waals surface area contributed by atoms with Gasteiger partial charge in [-0.25, -0.2) is 0 Å². The van der Waals surface area contributed by atoms with E-state index in [1.165, 1.54) is 23.8 Å². The summed E-state index contributed by atoms with van der Waals surface area (Å²) in [5, 5.41) is 3.27. The Bertz CT molecular complexity index is 824. The maximum absolute atomic E-state index is 11.9. The fourth-order valence-electron chi connectivity index (χ4n) is 3.03. The Hall–Kier alpha value is -2.34. The quantitative estimate of drug-likeness (QED) is 0.892. The zero-order valence-electron chi connectivity index (χ0n) is 13.9. The Balaban J connectivity index is 2.08. The molecule has 1 aromatic carbocycles. The average Bonchev–Trinajstić information content (AvgIpc) is 2.83. The molecule has 5 nitrogen and oxygen atoms in total. The van der Waals surface area contributed by atoms with Gasteiger partial charge in [0.25, 0.3) is 5.91 Å². The van der Waals surface area contributed by atoms with Gasteiger partial charge in [-0.3, -0.25) is 9.59 Å². The summed E-state index contributed by atoms with van der Waals surface area (Å²) < 4.78 is 5.76. The molecule has 2 amide bonds. The Morgan fingerprint density at radius 3 is 2.67 bits per heavy atom. The number of benzene rings is 1. The predicted molar refractivity (Wildman–Crippen MR) is 95.7 cm³/mol. The Morgan fingerprint density at radius 1 is 1.29 bits per heavy atom. The number of anilines is 1. The third-order valence-corrected chi connectivity index (χ3v) is 5.06. The standard InChI is InChI=1S/C18H20N2O3S/c1-9(2)23-12-5-7-13-11(8-12)4-6-14-15(17(19)22)18(20-10(3)21)24-16(13)14/h5,7-9H,4,6H2,1-3H3,(H2,19,22)(H,20,21). The first-order chi connectivity index (χ1) is 11.4. The number of primary amides is 1. The zero-order chi connectivity index (χ0) is 17.4. The van der Waals surface area contributed by atoms with Crippen molar-refractivity contribution in [2.75, 3.05) is 5.32 Å². The van der Waals surface area contributed by atoms with Crippen LogP contribution in [0, 0.1) is 0 Å². The van der Waals surface area contributed by atoms with E-state index in [4.69, 9.17) is 10.5 Å². The molecule has 0 saturated heterocycles. The lowest BCUT2D eigenvalue weighted by molar-refractivity contribution is -0.114. The minimum absolute atomic E-state index is 0.122. The van der Waals surface area contributed by atoms with Gasteiger partial charge in [0.2, 0.25) is 5.91 Å². The number of nitrogens with two attached hydrogens (primary N) is 1. The second-order valence-electron chi connectivity index (χ2n) is 6.14. The lowest BCUT2D eigenvalue weighted by Crippen LogP contribution is -2.17. The first-order valence-electron chi connectivity index (χ1n) is 7.89. The molecule has 0 aliphatic heterocycles. The molecule has 126 valence electrons. The number of hydrogen-bond acceptors (Lipinski definition) is 4. The van der Waals surface area contributed by atoms with Crippen molar-refractivity contribution in [3.05, 3.63) is 34.9 Å². The first-order valence-corrected chi connectivity index (χ1v) is 8.71. The van der Waals surface area contributed by atoms with E-state index in [1.54, 1.807) is 0 Å². The summed E-state index contributed by atoms with van der Waals surface area (Å²) in [6.45, 7) is 5.41. The maximum atomic E-state index is 11.9. The van der Waals surface area contributed by atoms with Gasteiger partial charge in [0.1, 0.15) is 10.8 Å². The summed E-state index contributed by atoms with van der Waals surface area (Å²) in [6.07, 6.45) is 1.66. The van der Waals surface area contributed by atoms with Crippen LogP contribution >= 0.6 is 11.3 Å². The third-order valence-electron chi connectivity index (χ3n) is 3.88. The predicted octanol–water partition coefficient (Wildman–Crippen LogP) is 3.36. The van der Waals surface area contributed by atoms with Crippen LogP contribution in [0.3, 0.4) is 0 Å². The van der Waals surface area contributed by atoms with E-state index in [-0.39, 0.29) is 12.0 Å². The van der Waals surface area contributed by atoms with Crippen LogP contribution < -0.4 is 15.8 Å². The number of amides is 2. The molecular formula is C18H20N2O3S. The number of rotatable bonds is 4. The highest BCUT2D eigenvalue weighted by Gasteiger charge is 2.27. The number of thiophene rings is 1. The second kappa shape index (κ2) is 6.28. The topological polar surface area (TPSA) is 81.4 Å². The lowest BCUT2D eigenvalue weighted by atomic mass is 9.89. The highest BCUT2D eigenvalue weighted by atomic mass is 32.1. The molecule has 0 atom stereocenters. The number of aryl methyl sites for hydroxylation is 1. The van der Waals surface area contributed by atoms with E-state index in [0.717, 1.165) is 34.6 Å². The zero-order valence-corrected chi connectivity index (χ0v) is 14.8. The van der Waals surface area contributed by atoms with Gasteiger partial charge in [-0.2, -0.15) is 0 Å². The Morgan fingerprint density at radius 2 is 2.04 bits per heavy atom. The van der Waals surface area contributed by atoms with Crippen molar-refractivity contribution < 1.29 is 14.3 Å². The van der Waals surface area contributed by atoms with E-state index in [9.17, 15) is 9.59 Å². The molecule has 1 aromatic heterocycles. The van der Waals surface area contributed by atoms with Crippen molar-refractivity contribution in [3.63, 3.8) is 0 Å². The van der Waals surface area contributed by atoms with Gasteiger partial charge in [0, 0.05) is 11.8 Å². The molecule has 24 heavy (non-hydrogen) atoms. The number of hydrogen-bond donors (Lipinski definition) is 2. The molecular weight excluding hydrogens is 324 g/mol. The van der Waals surface area contributed by atoms with Gasteiger partial charge >= 0.3 is 0 Å². The van der Waals surface area contributed by atoms with Gasteiger partial charge in [0.05, 0.1) is 11.7 Å². The van der Waals surface area contributed by atoms with Crippen LogP contribution in [0.1, 0.15) is 42.3 Å². The van der Waals surface area contributed by atoms with Gasteiger partial charge < -0.3 is 15.8 Å². The van der Waals surface area contributed by atoms with Crippen molar-refractivity contribution in [2.45, 2.75) is 39.7 Å². The van der Waals surface area contributed by atoms with E-state index in [0.29, 0.717) is 10.6 Å². The molecule has 1 aliphatic carbocycles. The normalized spacial score (nSPS) is 12.5. The highest BCUT2D eigenvalue weighted by Crippen LogP contribution is 2.45. The fourth-order valence-corrected chi connectivity index (χ4v) is 4.39. The molecule has 0 bridgehead atoms. The van der Waals surface area contributed by atoms with Crippen molar-refractivity contribution in [2.24, 2.45) is 5.73 Å². The summed E-state index contributed by atoms with van der Waals surface area (Å²) in [5.74, 6) is 0.137. The fraction of sp³-hybridized carbons (Fsp3) is 0.333.